The highest BCUT2D eigenvalue weighted by Crippen LogP contribution is 2.29. The van der Waals surface area contributed by atoms with Crippen molar-refractivity contribution in [2.45, 2.75) is 12.8 Å². The minimum Gasteiger partial charge on any atom is -0.497 e. The third-order valence-corrected chi connectivity index (χ3v) is 3.83. The Morgan fingerprint density at radius 3 is 2.35 bits per heavy atom. The van der Waals surface area contributed by atoms with Gasteiger partial charge in [-0.1, -0.05) is 41.4 Å². The molecule has 2 rings (SSSR count). The summed E-state index contributed by atoms with van der Waals surface area (Å²) in [4.78, 5) is 24.1. The molecule has 2 aromatic carbocycles. The van der Waals surface area contributed by atoms with E-state index >= 15 is 0 Å². The zero-order valence-corrected chi connectivity index (χ0v) is 13.9. The maximum atomic E-state index is 12.1. The van der Waals surface area contributed by atoms with Gasteiger partial charge in [-0.15, -0.1) is 0 Å². The zero-order chi connectivity index (χ0) is 16.8. The van der Waals surface area contributed by atoms with Crippen LogP contribution in [0.5, 0.6) is 5.75 Å². The fourth-order valence-electron chi connectivity index (χ4n) is 1.99. The summed E-state index contributed by atoms with van der Waals surface area (Å²) >= 11 is 12.0. The molecule has 0 atom stereocenters. The molecule has 4 nitrogen and oxygen atoms in total. The van der Waals surface area contributed by atoms with E-state index in [0.29, 0.717) is 27.0 Å². The van der Waals surface area contributed by atoms with E-state index in [1.807, 2.05) is 0 Å². The first-order valence-corrected chi connectivity index (χ1v) is 7.68. The molecule has 0 aliphatic rings. The fourth-order valence-corrected chi connectivity index (χ4v) is 2.48. The highest BCUT2D eigenvalue weighted by Gasteiger charge is 2.13. The molecule has 120 valence electrons. The minimum absolute atomic E-state index is 0.0393. The summed E-state index contributed by atoms with van der Waals surface area (Å²) in [7, 11) is 1.53. The third kappa shape index (κ3) is 4.71. The predicted molar refractivity (Wildman–Crippen MR) is 91.7 cm³/mol. The molecule has 1 N–H and O–H groups in total. The Hall–Kier alpha value is -2.04. The van der Waals surface area contributed by atoms with E-state index in [-0.39, 0.29) is 24.5 Å². The molecule has 0 saturated heterocycles. The predicted octanol–water partition coefficient (Wildman–Crippen LogP) is 4.60. The van der Waals surface area contributed by atoms with Crippen LogP contribution in [0.3, 0.4) is 0 Å². The van der Waals surface area contributed by atoms with Gasteiger partial charge in [-0.3, -0.25) is 9.59 Å². The average Bonchev–Trinajstić information content (AvgIpc) is 2.56. The Morgan fingerprint density at radius 2 is 1.70 bits per heavy atom. The number of hydrogen-bond acceptors (Lipinski definition) is 3. The van der Waals surface area contributed by atoms with E-state index in [1.165, 1.54) is 7.11 Å². The second-order valence-corrected chi connectivity index (χ2v) is 5.61. The van der Waals surface area contributed by atoms with Crippen molar-refractivity contribution in [1.82, 2.24) is 0 Å². The minimum atomic E-state index is -0.323. The van der Waals surface area contributed by atoms with E-state index in [0.717, 1.165) is 0 Å². The average molecular weight is 352 g/mol. The second kappa shape index (κ2) is 7.99. The van der Waals surface area contributed by atoms with Crippen molar-refractivity contribution >= 4 is 40.6 Å². The molecule has 0 fully saturated rings. The van der Waals surface area contributed by atoms with Crippen LogP contribution < -0.4 is 10.1 Å². The van der Waals surface area contributed by atoms with Crippen LogP contribution in [0.1, 0.15) is 23.2 Å². The number of para-hydroxylation sites is 1. The molecular formula is C17H15Cl2NO3. The highest BCUT2D eigenvalue weighted by atomic mass is 35.5. The highest BCUT2D eigenvalue weighted by molar-refractivity contribution is 6.39. The lowest BCUT2D eigenvalue weighted by atomic mass is 10.1. The number of methoxy groups -OCH3 is 1. The van der Waals surface area contributed by atoms with Gasteiger partial charge in [0.05, 0.1) is 22.8 Å². The zero-order valence-electron chi connectivity index (χ0n) is 12.4. The van der Waals surface area contributed by atoms with Crippen molar-refractivity contribution < 1.29 is 14.3 Å². The number of ether oxygens (including phenoxy) is 1. The number of nitrogens with one attached hydrogen (secondary N) is 1. The van der Waals surface area contributed by atoms with E-state index in [2.05, 4.69) is 5.32 Å². The number of Topliss-reactive ketones (excluding diaryl/α,β-unsaturated/α-hetero) is 1. The number of anilines is 1. The van der Waals surface area contributed by atoms with Crippen LogP contribution in [-0.4, -0.2) is 18.8 Å². The van der Waals surface area contributed by atoms with Crippen LogP contribution >= 0.6 is 23.2 Å². The van der Waals surface area contributed by atoms with E-state index in [1.54, 1.807) is 42.5 Å². The lowest BCUT2D eigenvalue weighted by molar-refractivity contribution is -0.116. The molecule has 2 aromatic rings. The maximum absolute atomic E-state index is 12.1. The Labute approximate surface area is 144 Å². The van der Waals surface area contributed by atoms with Gasteiger partial charge in [-0.25, -0.2) is 0 Å². The largest absolute Gasteiger partial charge is 0.497 e. The molecule has 0 aliphatic carbocycles. The number of hydrogen-bond donors (Lipinski definition) is 1. The summed E-state index contributed by atoms with van der Waals surface area (Å²) in [6.45, 7) is 0. The van der Waals surface area contributed by atoms with Crippen LogP contribution in [0, 0.1) is 0 Å². The van der Waals surface area contributed by atoms with Crippen molar-refractivity contribution in [3.05, 3.63) is 58.1 Å². The molecule has 0 aromatic heterocycles. The number of benzene rings is 2. The van der Waals surface area contributed by atoms with Crippen LogP contribution in [0.15, 0.2) is 42.5 Å². The lowest BCUT2D eigenvalue weighted by Gasteiger charge is -2.09. The second-order valence-electron chi connectivity index (χ2n) is 4.80. The molecule has 23 heavy (non-hydrogen) atoms. The van der Waals surface area contributed by atoms with Crippen LogP contribution in [-0.2, 0) is 4.79 Å². The Balaban J connectivity index is 1.95. The Bertz CT molecular complexity index is 711. The van der Waals surface area contributed by atoms with Gasteiger partial charge < -0.3 is 10.1 Å². The van der Waals surface area contributed by atoms with Gasteiger partial charge in [-0.2, -0.15) is 0 Å². The van der Waals surface area contributed by atoms with E-state index < -0.39 is 0 Å². The number of halogens is 2. The maximum Gasteiger partial charge on any atom is 0.224 e. The standard InChI is InChI=1S/C17H15Cl2NO3/c1-23-12-5-2-4-11(10-12)15(21)8-9-16(22)20-17-13(18)6-3-7-14(17)19/h2-7,10H,8-9H2,1H3,(H,20,22). The van der Waals surface area contributed by atoms with E-state index in [4.69, 9.17) is 27.9 Å². The van der Waals surface area contributed by atoms with Gasteiger partial charge in [0.1, 0.15) is 5.75 Å². The quantitative estimate of drug-likeness (QED) is 0.773. The van der Waals surface area contributed by atoms with Crippen molar-refractivity contribution in [2.24, 2.45) is 0 Å². The normalized spacial score (nSPS) is 10.2. The van der Waals surface area contributed by atoms with E-state index in [9.17, 15) is 9.59 Å². The first-order valence-electron chi connectivity index (χ1n) is 6.92. The summed E-state index contributed by atoms with van der Waals surface area (Å²) in [5.41, 5.74) is 0.864. The molecule has 0 spiro atoms. The van der Waals surface area contributed by atoms with Gasteiger partial charge in [0, 0.05) is 18.4 Å². The molecule has 0 unspecified atom stereocenters. The number of carbonyl (C=O) groups is 2. The van der Waals surface area contributed by atoms with Gasteiger partial charge in [0.15, 0.2) is 5.78 Å². The molecule has 0 radical (unpaired) electrons. The van der Waals surface area contributed by atoms with Gasteiger partial charge in [0.25, 0.3) is 0 Å². The van der Waals surface area contributed by atoms with Crippen molar-refractivity contribution in [3.63, 3.8) is 0 Å². The summed E-state index contributed by atoms with van der Waals surface area (Å²) in [5, 5.41) is 3.33. The first kappa shape index (κ1) is 17.3. The van der Waals surface area contributed by atoms with Crippen molar-refractivity contribution in [3.8, 4) is 5.75 Å². The lowest BCUT2D eigenvalue weighted by Crippen LogP contribution is -2.14. The number of rotatable bonds is 6. The van der Waals surface area contributed by atoms with Gasteiger partial charge in [-0.05, 0) is 24.3 Å². The van der Waals surface area contributed by atoms with Crippen LogP contribution in [0.2, 0.25) is 10.0 Å². The van der Waals surface area contributed by atoms with Crippen molar-refractivity contribution in [1.29, 1.82) is 0 Å². The Kier molecular flexibility index (Phi) is 6.02. The Morgan fingerprint density at radius 1 is 1.04 bits per heavy atom. The summed E-state index contributed by atoms with van der Waals surface area (Å²) in [6.07, 6.45) is 0.124. The molecule has 1 amide bonds. The van der Waals surface area contributed by atoms with Gasteiger partial charge in [0.2, 0.25) is 5.91 Å². The smallest absolute Gasteiger partial charge is 0.224 e. The fraction of sp³-hybridized carbons (Fsp3) is 0.176. The third-order valence-electron chi connectivity index (χ3n) is 3.20. The van der Waals surface area contributed by atoms with Crippen LogP contribution in [0.25, 0.3) is 0 Å². The number of amides is 1. The molecule has 0 heterocycles. The van der Waals surface area contributed by atoms with Crippen LogP contribution in [0.4, 0.5) is 5.69 Å². The summed E-state index contributed by atoms with van der Waals surface area (Å²) < 4.78 is 5.08. The molecule has 0 aliphatic heterocycles. The molecule has 0 bridgehead atoms. The molecule has 6 heteroatoms. The topological polar surface area (TPSA) is 55.4 Å². The molecular weight excluding hydrogens is 337 g/mol. The van der Waals surface area contributed by atoms with Crippen molar-refractivity contribution in [2.75, 3.05) is 12.4 Å². The van der Waals surface area contributed by atoms with Gasteiger partial charge >= 0.3 is 0 Å². The molecule has 0 saturated carbocycles. The summed E-state index contributed by atoms with van der Waals surface area (Å²) in [6, 6.07) is 11.8. The number of ketones is 1. The SMILES string of the molecule is COc1cccc(C(=O)CCC(=O)Nc2c(Cl)cccc2Cl)c1. The first-order chi connectivity index (χ1) is 11.0. The monoisotopic (exact) mass is 351 g/mol. The summed E-state index contributed by atoms with van der Waals surface area (Å²) in [5.74, 6) is 0.142. The number of carbonyl (C=O) groups excluding carboxylic acids is 2.